The largest absolute Gasteiger partial charge is 0.341 e. The molecule has 58 valence electrons. The Hall–Kier alpha value is -0.240. The predicted molar refractivity (Wildman–Crippen MR) is 41.1 cm³/mol. The molecule has 1 amide bonds. The van der Waals surface area contributed by atoms with Gasteiger partial charge in [-0.3, -0.25) is 4.79 Å². The molecule has 1 rings (SSSR count). The molecule has 0 aromatic heterocycles. The van der Waals surface area contributed by atoms with Crippen LogP contribution in [0.1, 0.15) is 19.8 Å². The molecule has 2 nitrogen and oxygen atoms in total. The summed E-state index contributed by atoms with van der Waals surface area (Å²) >= 11 is 5.62. The molecule has 1 heterocycles. The van der Waals surface area contributed by atoms with Gasteiger partial charge in [-0.25, -0.2) is 0 Å². The fraction of sp³-hybridized carbons (Fsp3) is 0.857. The summed E-state index contributed by atoms with van der Waals surface area (Å²) in [4.78, 5) is 13.0. The Morgan fingerprint density at radius 3 is 2.40 bits per heavy atom. The molecule has 1 fully saturated rings. The molecule has 0 N–H and O–H groups in total. The van der Waals surface area contributed by atoms with Crippen molar-refractivity contribution >= 4 is 17.5 Å². The topological polar surface area (TPSA) is 20.3 Å². The number of likely N-dealkylation sites (tertiary alicyclic amines) is 1. The Morgan fingerprint density at radius 1 is 1.50 bits per heavy atom. The summed E-state index contributed by atoms with van der Waals surface area (Å²) in [6.45, 7) is 3.52. The third kappa shape index (κ3) is 1.63. The minimum absolute atomic E-state index is 0.0826. The fourth-order valence-electron chi connectivity index (χ4n) is 1.19. The number of nitrogens with zero attached hydrogens (tertiary/aromatic N) is 1. The molecule has 0 radical (unpaired) electrons. The van der Waals surface area contributed by atoms with Crippen LogP contribution in [0.15, 0.2) is 0 Å². The maximum Gasteiger partial charge on any atom is 0.240 e. The second-order valence-electron chi connectivity index (χ2n) is 2.65. The third-order valence-corrected chi connectivity index (χ3v) is 1.94. The van der Waals surface area contributed by atoms with E-state index >= 15 is 0 Å². The van der Waals surface area contributed by atoms with Crippen molar-refractivity contribution in [3.8, 4) is 0 Å². The van der Waals surface area contributed by atoms with Gasteiger partial charge in [-0.05, 0) is 19.8 Å². The molecule has 1 saturated heterocycles. The van der Waals surface area contributed by atoms with Crippen LogP contribution >= 0.6 is 11.6 Å². The van der Waals surface area contributed by atoms with Gasteiger partial charge in [-0.2, -0.15) is 0 Å². The van der Waals surface area contributed by atoms with Crippen molar-refractivity contribution in [2.75, 3.05) is 13.1 Å². The average molecular weight is 162 g/mol. The molecule has 0 unspecified atom stereocenters. The van der Waals surface area contributed by atoms with Crippen LogP contribution in [0.2, 0.25) is 0 Å². The standard InChI is InChI=1S/C7H12ClNO/c1-6(8)7(10)9-4-2-3-5-9/h6H,2-5H2,1H3/t6-/m1/s1. The van der Waals surface area contributed by atoms with Gasteiger partial charge in [0.15, 0.2) is 0 Å². The summed E-state index contributed by atoms with van der Waals surface area (Å²) in [5, 5.41) is -0.349. The Labute approximate surface area is 66.1 Å². The van der Waals surface area contributed by atoms with E-state index in [1.807, 2.05) is 4.90 Å². The van der Waals surface area contributed by atoms with E-state index in [9.17, 15) is 4.79 Å². The van der Waals surface area contributed by atoms with Gasteiger partial charge in [-0.1, -0.05) is 0 Å². The molecule has 0 aromatic rings. The Kier molecular flexibility index (Phi) is 2.55. The lowest BCUT2D eigenvalue weighted by Crippen LogP contribution is -2.32. The summed E-state index contributed by atoms with van der Waals surface area (Å²) in [5.74, 6) is 0.0826. The van der Waals surface area contributed by atoms with E-state index in [1.54, 1.807) is 6.92 Å². The highest BCUT2D eigenvalue weighted by Gasteiger charge is 2.20. The van der Waals surface area contributed by atoms with E-state index in [-0.39, 0.29) is 11.3 Å². The van der Waals surface area contributed by atoms with Crippen LogP contribution in [0.25, 0.3) is 0 Å². The van der Waals surface area contributed by atoms with Crippen LogP contribution in [0, 0.1) is 0 Å². The van der Waals surface area contributed by atoms with Crippen LogP contribution < -0.4 is 0 Å². The first-order valence-electron chi connectivity index (χ1n) is 3.64. The van der Waals surface area contributed by atoms with Crippen LogP contribution in [0.3, 0.4) is 0 Å². The van der Waals surface area contributed by atoms with E-state index in [0.717, 1.165) is 25.9 Å². The predicted octanol–water partition coefficient (Wildman–Crippen LogP) is 1.24. The summed E-state index contributed by atoms with van der Waals surface area (Å²) < 4.78 is 0. The molecule has 0 bridgehead atoms. The first kappa shape index (κ1) is 7.86. The Balaban J connectivity index is 2.40. The number of halogens is 1. The molecule has 0 spiro atoms. The summed E-state index contributed by atoms with van der Waals surface area (Å²) in [6.07, 6.45) is 2.27. The van der Waals surface area contributed by atoms with E-state index in [4.69, 9.17) is 11.6 Å². The molecule has 1 aliphatic rings. The third-order valence-electron chi connectivity index (χ3n) is 1.76. The molecule has 10 heavy (non-hydrogen) atoms. The lowest BCUT2D eigenvalue weighted by molar-refractivity contribution is -0.129. The van der Waals surface area contributed by atoms with Gasteiger partial charge in [0.25, 0.3) is 0 Å². The highest BCUT2D eigenvalue weighted by Crippen LogP contribution is 2.10. The smallest absolute Gasteiger partial charge is 0.240 e. The van der Waals surface area contributed by atoms with Crippen molar-refractivity contribution < 1.29 is 4.79 Å². The number of carbonyl (C=O) groups excluding carboxylic acids is 1. The first-order valence-corrected chi connectivity index (χ1v) is 4.08. The summed E-state index contributed by atoms with van der Waals surface area (Å²) in [5.41, 5.74) is 0. The van der Waals surface area contributed by atoms with Crippen molar-refractivity contribution in [2.45, 2.75) is 25.1 Å². The normalized spacial score (nSPS) is 21.2. The van der Waals surface area contributed by atoms with Crippen molar-refractivity contribution in [3.63, 3.8) is 0 Å². The second kappa shape index (κ2) is 3.24. The number of hydrogen-bond acceptors (Lipinski definition) is 1. The van der Waals surface area contributed by atoms with Gasteiger partial charge in [0.05, 0.1) is 0 Å². The number of rotatable bonds is 1. The number of carbonyl (C=O) groups is 1. The van der Waals surface area contributed by atoms with Crippen molar-refractivity contribution in [1.29, 1.82) is 0 Å². The molecular weight excluding hydrogens is 150 g/mol. The SMILES string of the molecule is C[C@@H](Cl)C(=O)N1CCCC1. The van der Waals surface area contributed by atoms with Gasteiger partial charge in [-0.15, -0.1) is 11.6 Å². The number of alkyl halides is 1. The Bertz CT molecular complexity index is 130. The minimum Gasteiger partial charge on any atom is -0.341 e. The van der Waals surface area contributed by atoms with Gasteiger partial charge >= 0.3 is 0 Å². The van der Waals surface area contributed by atoms with Crippen molar-refractivity contribution in [2.24, 2.45) is 0 Å². The van der Waals surface area contributed by atoms with E-state index in [2.05, 4.69) is 0 Å². The molecule has 3 heteroatoms. The van der Waals surface area contributed by atoms with Crippen molar-refractivity contribution in [1.82, 2.24) is 4.90 Å². The zero-order valence-corrected chi connectivity index (χ0v) is 6.90. The molecular formula is C7H12ClNO. The second-order valence-corrected chi connectivity index (χ2v) is 3.30. The molecule has 0 saturated carbocycles. The van der Waals surface area contributed by atoms with E-state index in [1.165, 1.54) is 0 Å². The van der Waals surface area contributed by atoms with E-state index in [0.29, 0.717) is 0 Å². The lowest BCUT2D eigenvalue weighted by atomic mass is 10.4. The van der Waals surface area contributed by atoms with Gasteiger partial charge in [0.2, 0.25) is 5.91 Å². The monoisotopic (exact) mass is 161 g/mol. The fourth-order valence-corrected chi connectivity index (χ4v) is 1.33. The van der Waals surface area contributed by atoms with Gasteiger partial charge in [0.1, 0.15) is 5.38 Å². The van der Waals surface area contributed by atoms with Crippen LogP contribution in [-0.2, 0) is 4.79 Å². The maximum absolute atomic E-state index is 11.1. The first-order chi connectivity index (χ1) is 4.72. The summed E-state index contributed by atoms with van der Waals surface area (Å²) in [6, 6.07) is 0. The molecule has 0 aliphatic carbocycles. The highest BCUT2D eigenvalue weighted by molar-refractivity contribution is 6.30. The maximum atomic E-state index is 11.1. The minimum atomic E-state index is -0.349. The van der Waals surface area contributed by atoms with Crippen LogP contribution in [0.5, 0.6) is 0 Å². The molecule has 1 atom stereocenters. The summed E-state index contributed by atoms with van der Waals surface area (Å²) in [7, 11) is 0. The number of hydrogen-bond donors (Lipinski definition) is 0. The average Bonchev–Trinajstić information content (AvgIpc) is 2.36. The van der Waals surface area contributed by atoms with E-state index < -0.39 is 0 Å². The van der Waals surface area contributed by atoms with Gasteiger partial charge < -0.3 is 4.90 Å². The highest BCUT2D eigenvalue weighted by atomic mass is 35.5. The van der Waals surface area contributed by atoms with Crippen LogP contribution in [-0.4, -0.2) is 29.3 Å². The van der Waals surface area contributed by atoms with Gasteiger partial charge in [0, 0.05) is 13.1 Å². The van der Waals surface area contributed by atoms with Crippen LogP contribution in [0.4, 0.5) is 0 Å². The quantitative estimate of drug-likeness (QED) is 0.530. The Morgan fingerprint density at radius 2 is 2.00 bits per heavy atom. The zero-order chi connectivity index (χ0) is 7.56. The lowest BCUT2D eigenvalue weighted by Gasteiger charge is -2.15. The molecule has 1 aliphatic heterocycles. The van der Waals surface area contributed by atoms with Crippen molar-refractivity contribution in [3.05, 3.63) is 0 Å². The number of amides is 1. The molecule has 0 aromatic carbocycles. The zero-order valence-electron chi connectivity index (χ0n) is 6.14.